The molecule has 3 heterocycles. The first-order chi connectivity index (χ1) is 25.7. The summed E-state index contributed by atoms with van der Waals surface area (Å²) in [6, 6.07) is 56.9. The number of furan rings is 2. The van der Waals surface area contributed by atoms with E-state index < -0.39 is 0 Å². The smallest absolute Gasteiger partial charge is 0.160 e. The van der Waals surface area contributed by atoms with Gasteiger partial charge in [-0.05, 0) is 80.7 Å². The van der Waals surface area contributed by atoms with Gasteiger partial charge in [0, 0.05) is 32.7 Å². The molecule has 1 N–H and O–H groups in total. The van der Waals surface area contributed by atoms with Crippen LogP contribution in [0.25, 0.3) is 76.5 Å². The third-order valence-corrected chi connectivity index (χ3v) is 10.3. The fourth-order valence-electron chi connectivity index (χ4n) is 7.86. The Bertz CT molecular complexity index is 3110. The molecule has 1 aliphatic heterocycles. The Morgan fingerprint density at radius 3 is 1.94 bits per heavy atom. The zero-order valence-corrected chi connectivity index (χ0v) is 27.9. The maximum absolute atomic E-state index is 6.59. The van der Waals surface area contributed by atoms with Crippen molar-refractivity contribution in [3.63, 3.8) is 0 Å². The Morgan fingerprint density at radius 1 is 0.442 bits per heavy atom. The third kappa shape index (κ3) is 4.49. The first-order valence-corrected chi connectivity index (χ1v) is 17.5. The SMILES string of the molecule is c1ccc(C2N=C(c3cc4ccccc4c4ccccc34)N=C(c3cc(-c4ccc5oc6ccccc6c5c4)cc4oc5ccccc5c34)N2)cc1. The van der Waals surface area contributed by atoms with Gasteiger partial charge in [0.1, 0.15) is 34.3 Å². The zero-order chi connectivity index (χ0) is 34.2. The second-order valence-electron chi connectivity index (χ2n) is 13.4. The predicted molar refractivity (Wildman–Crippen MR) is 213 cm³/mol. The summed E-state index contributed by atoms with van der Waals surface area (Å²) in [6.07, 6.45) is -0.362. The number of benzene rings is 8. The summed E-state index contributed by atoms with van der Waals surface area (Å²) in [5.74, 6) is 1.42. The predicted octanol–water partition coefficient (Wildman–Crippen LogP) is 12.0. The van der Waals surface area contributed by atoms with Crippen LogP contribution in [0.3, 0.4) is 0 Å². The Kier molecular flexibility index (Phi) is 6.25. The van der Waals surface area contributed by atoms with E-state index in [1.54, 1.807) is 0 Å². The molecular weight excluding hydrogens is 639 g/mol. The van der Waals surface area contributed by atoms with Crippen molar-refractivity contribution in [1.82, 2.24) is 5.32 Å². The summed E-state index contributed by atoms with van der Waals surface area (Å²) in [6.45, 7) is 0. The van der Waals surface area contributed by atoms with Crippen LogP contribution in [0.1, 0.15) is 22.9 Å². The second kappa shape index (κ2) is 11.3. The van der Waals surface area contributed by atoms with E-state index in [4.69, 9.17) is 18.8 Å². The molecule has 8 aromatic carbocycles. The van der Waals surface area contributed by atoms with E-state index >= 15 is 0 Å². The van der Waals surface area contributed by atoms with E-state index in [1.807, 2.05) is 30.3 Å². The van der Waals surface area contributed by atoms with Gasteiger partial charge in [-0.3, -0.25) is 0 Å². The zero-order valence-electron chi connectivity index (χ0n) is 27.9. The van der Waals surface area contributed by atoms with E-state index in [0.717, 1.165) is 88.3 Å². The summed E-state index contributed by atoms with van der Waals surface area (Å²) in [5.41, 5.74) is 8.46. The van der Waals surface area contributed by atoms with Crippen LogP contribution in [0.15, 0.2) is 183 Å². The molecule has 5 nitrogen and oxygen atoms in total. The number of nitrogens with zero attached hydrogens (tertiary/aromatic N) is 2. The molecule has 0 aliphatic carbocycles. The number of rotatable bonds is 4. The molecular formula is C47H29N3O2. The lowest BCUT2D eigenvalue weighted by molar-refractivity contribution is 0.668. The highest BCUT2D eigenvalue weighted by Gasteiger charge is 2.26. The molecule has 0 fully saturated rings. The van der Waals surface area contributed by atoms with Gasteiger partial charge in [0.2, 0.25) is 0 Å². The van der Waals surface area contributed by atoms with Gasteiger partial charge in [-0.1, -0.05) is 121 Å². The van der Waals surface area contributed by atoms with Gasteiger partial charge in [-0.2, -0.15) is 0 Å². The monoisotopic (exact) mass is 667 g/mol. The van der Waals surface area contributed by atoms with Crippen LogP contribution in [0, 0.1) is 0 Å². The maximum atomic E-state index is 6.59. The normalized spacial score (nSPS) is 14.7. The largest absolute Gasteiger partial charge is 0.456 e. The number of hydrogen-bond acceptors (Lipinski definition) is 5. The van der Waals surface area contributed by atoms with Crippen LogP contribution in [0.2, 0.25) is 0 Å². The van der Waals surface area contributed by atoms with E-state index in [-0.39, 0.29) is 6.17 Å². The number of hydrogen-bond donors (Lipinski definition) is 1. The molecule has 2 aromatic heterocycles. The van der Waals surface area contributed by atoms with Gasteiger partial charge in [-0.15, -0.1) is 0 Å². The Labute approximate surface area is 298 Å². The molecule has 1 unspecified atom stereocenters. The van der Waals surface area contributed by atoms with Gasteiger partial charge in [0.05, 0.1) is 0 Å². The summed E-state index contributed by atoms with van der Waals surface area (Å²) in [5, 5.41) is 12.6. The molecule has 0 saturated heterocycles. The van der Waals surface area contributed by atoms with E-state index in [1.165, 1.54) is 10.8 Å². The van der Waals surface area contributed by atoms with Gasteiger partial charge < -0.3 is 14.2 Å². The molecule has 0 radical (unpaired) electrons. The minimum absolute atomic E-state index is 0.362. The Balaban J connectivity index is 1.17. The third-order valence-electron chi connectivity index (χ3n) is 10.3. The van der Waals surface area contributed by atoms with Crippen LogP contribution in [0.4, 0.5) is 0 Å². The van der Waals surface area contributed by atoms with Crippen molar-refractivity contribution in [3.8, 4) is 11.1 Å². The first kappa shape index (κ1) is 28.8. The average molecular weight is 668 g/mol. The van der Waals surface area contributed by atoms with Gasteiger partial charge >= 0.3 is 0 Å². The highest BCUT2D eigenvalue weighted by atomic mass is 16.3. The van der Waals surface area contributed by atoms with Crippen molar-refractivity contribution in [2.45, 2.75) is 6.17 Å². The molecule has 1 atom stereocenters. The number of aliphatic imine (C=N–C) groups is 2. The summed E-state index contributed by atoms with van der Waals surface area (Å²) >= 11 is 0. The fourth-order valence-corrected chi connectivity index (χ4v) is 7.86. The minimum atomic E-state index is -0.362. The Morgan fingerprint density at radius 2 is 1.10 bits per heavy atom. The molecule has 244 valence electrons. The van der Waals surface area contributed by atoms with Crippen LogP contribution >= 0.6 is 0 Å². The van der Waals surface area contributed by atoms with Crippen LogP contribution in [-0.2, 0) is 0 Å². The van der Waals surface area contributed by atoms with Crippen molar-refractivity contribution in [3.05, 3.63) is 180 Å². The first-order valence-electron chi connectivity index (χ1n) is 17.5. The van der Waals surface area contributed by atoms with Crippen molar-refractivity contribution in [2.75, 3.05) is 0 Å². The maximum Gasteiger partial charge on any atom is 0.160 e. The molecule has 0 bridgehead atoms. The minimum Gasteiger partial charge on any atom is -0.456 e. The lowest BCUT2D eigenvalue weighted by atomic mass is 9.95. The highest BCUT2D eigenvalue weighted by molar-refractivity contribution is 6.25. The summed E-state index contributed by atoms with van der Waals surface area (Å²) < 4.78 is 12.8. The molecule has 0 amide bonds. The molecule has 0 saturated carbocycles. The highest BCUT2D eigenvalue weighted by Crippen LogP contribution is 2.39. The van der Waals surface area contributed by atoms with Crippen molar-refractivity contribution in [2.24, 2.45) is 9.98 Å². The van der Waals surface area contributed by atoms with Crippen molar-refractivity contribution in [1.29, 1.82) is 0 Å². The van der Waals surface area contributed by atoms with Gasteiger partial charge in [0.15, 0.2) is 5.84 Å². The molecule has 11 rings (SSSR count). The van der Waals surface area contributed by atoms with Crippen LogP contribution in [-0.4, -0.2) is 11.7 Å². The number of fused-ring (bicyclic) bond motifs is 9. The van der Waals surface area contributed by atoms with E-state index in [9.17, 15) is 0 Å². The molecule has 52 heavy (non-hydrogen) atoms. The molecule has 1 aliphatic rings. The fraction of sp³-hybridized carbons (Fsp3) is 0.0213. The van der Waals surface area contributed by atoms with Crippen LogP contribution < -0.4 is 5.32 Å². The standard InChI is InChI=1S/C47H29N3O2/c1-2-12-28(13-3-1)45-48-46(38-25-30-14-4-5-15-32(30)33-16-6-7-17-34(33)38)50-47(49-45)39-26-31(27-43-44(39)36-19-9-11-21-41(36)52-43)29-22-23-42-37(24-29)35-18-8-10-20-40(35)51-42/h1-27,45H,(H,48,49,50). The van der Waals surface area contributed by atoms with Crippen molar-refractivity contribution >= 4 is 77.1 Å². The number of amidine groups is 2. The topological polar surface area (TPSA) is 63.0 Å². The Hall–Kier alpha value is -6.98. The number of para-hydroxylation sites is 2. The molecule has 5 heteroatoms. The van der Waals surface area contributed by atoms with Crippen molar-refractivity contribution < 1.29 is 8.83 Å². The quantitative estimate of drug-likeness (QED) is 0.190. The van der Waals surface area contributed by atoms with Crippen LogP contribution in [0.5, 0.6) is 0 Å². The van der Waals surface area contributed by atoms with Gasteiger partial charge in [0.25, 0.3) is 0 Å². The average Bonchev–Trinajstić information content (AvgIpc) is 3.78. The van der Waals surface area contributed by atoms with Gasteiger partial charge in [-0.25, -0.2) is 9.98 Å². The van der Waals surface area contributed by atoms with E-state index in [2.05, 4.69) is 139 Å². The van der Waals surface area contributed by atoms with E-state index in [0.29, 0.717) is 5.84 Å². The lowest BCUT2D eigenvalue weighted by Gasteiger charge is -2.25. The lowest BCUT2D eigenvalue weighted by Crippen LogP contribution is -2.33. The summed E-state index contributed by atoms with van der Waals surface area (Å²) in [4.78, 5) is 10.7. The molecule has 10 aromatic rings. The second-order valence-corrected chi connectivity index (χ2v) is 13.4. The molecule has 0 spiro atoms. The number of nitrogens with one attached hydrogen (secondary N) is 1. The summed E-state index contributed by atoms with van der Waals surface area (Å²) in [7, 11) is 0.